The van der Waals surface area contributed by atoms with Gasteiger partial charge in [-0.25, -0.2) is 9.78 Å². The molecule has 0 aliphatic carbocycles. The molecule has 0 bridgehead atoms. The van der Waals surface area contributed by atoms with E-state index in [-0.39, 0.29) is 29.9 Å². The number of carbonyl (C=O) groups excluding carboxylic acids is 1. The van der Waals surface area contributed by atoms with Gasteiger partial charge in [0.15, 0.2) is 0 Å². The van der Waals surface area contributed by atoms with Crippen molar-refractivity contribution < 1.29 is 19.4 Å². The lowest BCUT2D eigenvalue weighted by Crippen LogP contribution is -2.36. The summed E-state index contributed by atoms with van der Waals surface area (Å²) in [7, 11) is 0. The number of carboxylic acids is 1. The summed E-state index contributed by atoms with van der Waals surface area (Å²) < 4.78 is 5.31. The van der Waals surface area contributed by atoms with Crippen LogP contribution in [0, 0.1) is 0 Å². The molecular formula is C13H17ClN4O4. The molecule has 0 spiro atoms. The van der Waals surface area contributed by atoms with Gasteiger partial charge in [0, 0.05) is 18.0 Å². The van der Waals surface area contributed by atoms with Crippen LogP contribution in [0.25, 0.3) is 0 Å². The van der Waals surface area contributed by atoms with Crippen molar-refractivity contribution in [3.63, 3.8) is 0 Å². The van der Waals surface area contributed by atoms with E-state index in [4.69, 9.17) is 27.2 Å². The van der Waals surface area contributed by atoms with E-state index in [0.29, 0.717) is 5.56 Å². The van der Waals surface area contributed by atoms with E-state index in [1.165, 1.54) is 4.90 Å². The zero-order valence-electron chi connectivity index (χ0n) is 12.5. The lowest BCUT2D eigenvalue weighted by Gasteiger charge is -2.24. The number of hydrogen-bond donors (Lipinski definition) is 2. The van der Waals surface area contributed by atoms with Gasteiger partial charge in [0.25, 0.3) is 0 Å². The molecule has 1 aromatic heterocycles. The Morgan fingerprint density at radius 2 is 2.09 bits per heavy atom. The third-order valence-corrected chi connectivity index (χ3v) is 3.29. The monoisotopic (exact) mass is 328 g/mol. The lowest BCUT2D eigenvalue weighted by molar-refractivity contribution is -0.137. The summed E-state index contributed by atoms with van der Waals surface area (Å²) in [5.41, 5.74) is 5.28. The Morgan fingerprint density at radius 3 is 2.64 bits per heavy atom. The first-order valence-corrected chi connectivity index (χ1v) is 7.01. The fourth-order valence-corrected chi connectivity index (χ4v) is 2.58. The van der Waals surface area contributed by atoms with E-state index in [9.17, 15) is 9.59 Å². The number of hydrogen-bond acceptors (Lipinski definition) is 6. The van der Waals surface area contributed by atoms with Gasteiger partial charge in [0.2, 0.25) is 5.95 Å². The van der Waals surface area contributed by atoms with Crippen LogP contribution in [0.1, 0.15) is 38.7 Å². The molecule has 0 aromatic carbocycles. The topological polar surface area (TPSA) is 119 Å². The second kappa shape index (κ2) is 5.60. The second-order valence-corrected chi connectivity index (χ2v) is 6.35. The van der Waals surface area contributed by atoms with Gasteiger partial charge in [0.05, 0.1) is 6.42 Å². The summed E-state index contributed by atoms with van der Waals surface area (Å²) in [6.45, 7) is 5.31. The maximum atomic E-state index is 12.3. The quantitative estimate of drug-likeness (QED) is 0.797. The number of amides is 1. The Morgan fingerprint density at radius 1 is 1.45 bits per heavy atom. The normalized spacial score (nSPS) is 17.3. The van der Waals surface area contributed by atoms with Crippen LogP contribution in [0.15, 0.2) is 0 Å². The van der Waals surface area contributed by atoms with Crippen molar-refractivity contribution in [2.45, 2.75) is 38.7 Å². The minimum absolute atomic E-state index is 0.0554. The Bertz CT molecular complexity index is 629. The number of aliphatic carboxylic acids is 1. The molecule has 1 unspecified atom stereocenters. The molecule has 1 aliphatic heterocycles. The lowest BCUT2D eigenvalue weighted by atomic mass is 10.0. The Hall–Kier alpha value is -2.09. The maximum absolute atomic E-state index is 12.3. The summed E-state index contributed by atoms with van der Waals surface area (Å²) >= 11 is 6.05. The molecule has 8 nitrogen and oxygen atoms in total. The van der Waals surface area contributed by atoms with Crippen LogP contribution < -0.4 is 10.6 Å². The van der Waals surface area contributed by atoms with Crippen LogP contribution in [0.4, 0.5) is 16.6 Å². The zero-order valence-corrected chi connectivity index (χ0v) is 13.2. The predicted octanol–water partition coefficient (Wildman–Crippen LogP) is 2.03. The van der Waals surface area contributed by atoms with Crippen LogP contribution in [-0.2, 0) is 9.53 Å². The SMILES string of the molecule is CC(C)(C)OC(=O)N1CC(CC(=O)O)c2c(Cl)nc(N)nc21. The fraction of sp³-hybridized carbons (Fsp3) is 0.538. The Labute approximate surface area is 132 Å². The molecule has 0 radical (unpaired) electrons. The molecule has 1 aromatic rings. The fourth-order valence-electron chi connectivity index (χ4n) is 2.26. The predicted molar refractivity (Wildman–Crippen MR) is 80.0 cm³/mol. The molecule has 0 saturated carbocycles. The summed E-state index contributed by atoms with van der Waals surface area (Å²) in [4.78, 5) is 32.4. The van der Waals surface area contributed by atoms with Crippen LogP contribution in [0.5, 0.6) is 0 Å². The molecule has 1 aliphatic rings. The number of carboxylic acid groups (broad SMARTS) is 1. The average Bonchev–Trinajstić information content (AvgIpc) is 2.64. The number of carbonyl (C=O) groups is 2. The van der Waals surface area contributed by atoms with E-state index in [0.717, 1.165) is 0 Å². The van der Waals surface area contributed by atoms with Crippen molar-refractivity contribution in [3.8, 4) is 0 Å². The van der Waals surface area contributed by atoms with Gasteiger partial charge in [-0.3, -0.25) is 9.69 Å². The van der Waals surface area contributed by atoms with Crippen LogP contribution in [0.3, 0.4) is 0 Å². The molecule has 120 valence electrons. The van der Waals surface area contributed by atoms with Crippen LogP contribution in [-0.4, -0.2) is 39.3 Å². The highest BCUT2D eigenvalue weighted by molar-refractivity contribution is 6.31. The first-order chi connectivity index (χ1) is 10.1. The minimum atomic E-state index is -1.00. The minimum Gasteiger partial charge on any atom is -0.481 e. The smallest absolute Gasteiger partial charge is 0.416 e. The van der Waals surface area contributed by atoms with Gasteiger partial charge in [-0.2, -0.15) is 4.98 Å². The number of fused-ring (bicyclic) bond motifs is 1. The van der Waals surface area contributed by atoms with E-state index < -0.39 is 23.6 Å². The second-order valence-electron chi connectivity index (χ2n) is 6.00. The number of nitrogens with zero attached hydrogens (tertiary/aromatic N) is 3. The summed E-state index contributed by atoms with van der Waals surface area (Å²) in [5, 5.41) is 9.07. The Kier molecular flexibility index (Phi) is 4.15. The van der Waals surface area contributed by atoms with Crippen molar-refractivity contribution in [1.82, 2.24) is 9.97 Å². The first kappa shape index (κ1) is 16.3. The highest BCUT2D eigenvalue weighted by Gasteiger charge is 2.39. The number of aromatic nitrogens is 2. The summed E-state index contributed by atoms with van der Waals surface area (Å²) in [6.07, 6.45) is -0.824. The van der Waals surface area contributed by atoms with Gasteiger partial charge in [-0.15, -0.1) is 0 Å². The van der Waals surface area contributed by atoms with E-state index in [2.05, 4.69) is 9.97 Å². The average molecular weight is 329 g/mol. The van der Waals surface area contributed by atoms with Gasteiger partial charge in [-0.05, 0) is 20.8 Å². The molecule has 22 heavy (non-hydrogen) atoms. The van der Waals surface area contributed by atoms with Crippen LogP contribution >= 0.6 is 11.6 Å². The third-order valence-electron chi connectivity index (χ3n) is 3.00. The maximum Gasteiger partial charge on any atom is 0.416 e. The molecule has 3 N–H and O–H groups in total. The standard InChI is InChI=1S/C13H17ClN4O4/c1-13(2,3)22-12(21)18-5-6(4-7(19)20)8-9(14)16-11(15)17-10(8)18/h6H,4-5H2,1-3H3,(H,19,20)(H2,15,16,17). The highest BCUT2D eigenvalue weighted by atomic mass is 35.5. The third kappa shape index (κ3) is 3.38. The molecule has 0 fully saturated rings. The van der Waals surface area contributed by atoms with Gasteiger partial charge < -0.3 is 15.6 Å². The van der Waals surface area contributed by atoms with Gasteiger partial charge >= 0.3 is 12.1 Å². The molecule has 1 amide bonds. The number of nitrogens with two attached hydrogens (primary N) is 1. The molecular weight excluding hydrogens is 312 g/mol. The molecule has 2 heterocycles. The van der Waals surface area contributed by atoms with Crippen molar-refractivity contribution in [2.24, 2.45) is 0 Å². The highest BCUT2D eigenvalue weighted by Crippen LogP contribution is 2.41. The number of halogens is 1. The summed E-state index contributed by atoms with van der Waals surface area (Å²) in [5.74, 6) is -1.39. The zero-order chi connectivity index (χ0) is 16.7. The molecule has 0 saturated heterocycles. The number of rotatable bonds is 2. The van der Waals surface area contributed by atoms with Crippen molar-refractivity contribution in [2.75, 3.05) is 17.2 Å². The van der Waals surface area contributed by atoms with Crippen molar-refractivity contribution in [3.05, 3.63) is 10.7 Å². The van der Waals surface area contributed by atoms with E-state index >= 15 is 0 Å². The molecule has 9 heteroatoms. The summed E-state index contributed by atoms with van der Waals surface area (Å²) in [6, 6.07) is 0. The molecule has 1 atom stereocenters. The first-order valence-electron chi connectivity index (χ1n) is 6.63. The van der Waals surface area contributed by atoms with Gasteiger partial charge in [0.1, 0.15) is 16.6 Å². The van der Waals surface area contributed by atoms with Gasteiger partial charge in [-0.1, -0.05) is 11.6 Å². The number of ether oxygens (including phenoxy) is 1. The van der Waals surface area contributed by atoms with Crippen molar-refractivity contribution >= 4 is 35.4 Å². The number of anilines is 2. The van der Waals surface area contributed by atoms with Crippen molar-refractivity contribution in [1.29, 1.82) is 0 Å². The molecule has 2 rings (SSSR count). The number of nitrogen functional groups attached to an aromatic ring is 1. The van der Waals surface area contributed by atoms with Crippen LogP contribution in [0.2, 0.25) is 5.15 Å². The Balaban J connectivity index is 2.40. The largest absolute Gasteiger partial charge is 0.481 e. The van der Waals surface area contributed by atoms with E-state index in [1.54, 1.807) is 20.8 Å². The van der Waals surface area contributed by atoms with E-state index in [1.807, 2.05) is 0 Å².